The molecule has 2 aromatic carbocycles. The normalized spacial score (nSPS) is 19.0. The predicted molar refractivity (Wildman–Crippen MR) is 110 cm³/mol. The second-order valence-electron chi connectivity index (χ2n) is 6.87. The van der Waals surface area contributed by atoms with Crippen LogP contribution in [-0.2, 0) is 31.4 Å². The van der Waals surface area contributed by atoms with Gasteiger partial charge in [-0.2, -0.15) is 8.42 Å². The van der Waals surface area contributed by atoms with Gasteiger partial charge in [0, 0.05) is 11.5 Å². The number of rotatable bonds is 7. The maximum Gasteiger partial charge on any atom is 0.410 e. The molecule has 9 nitrogen and oxygen atoms in total. The zero-order valence-corrected chi connectivity index (χ0v) is 17.0. The molecule has 3 rings (SSSR count). The zero-order valence-electron chi connectivity index (χ0n) is 16.2. The molecule has 158 valence electrons. The zero-order chi connectivity index (χ0) is 21.4. The average molecular weight is 430 g/mol. The molecule has 1 aliphatic heterocycles. The van der Waals surface area contributed by atoms with Crippen LogP contribution >= 0.6 is 0 Å². The van der Waals surface area contributed by atoms with Crippen LogP contribution in [0.25, 0.3) is 10.4 Å². The molecule has 0 saturated carbocycles. The van der Waals surface area contributed by atoms with E-state index in [9.17, 15) is 13.2 Å². The Hall–Kier alpha value is -3.07. The van der Waals surface area contributed by atoms with E-state index in [0.717, 1.165) is 5.56 Å². The van der Waals surface area contributed by atoms with Crippen LogP contribution in [-0.4, -0.2) is 44.6 Å². The molecule has 10 heteroatoms. The Morgan fingerprint density at radius 3 is 2.37 bits per heavy atom. The number of benzene rings is 2. The molecule has 0 aliphatic carbocycles. The molecule has 0 radical (unpaired) electrons. The van der Waals surface area contributed by atoms with Crippen molar-refractivity contribution in [2.75, 3.05) is 13.1 Å². The van der Waals surface area contributed by atoms with Crippen molar-refractivity contribution in [3.8, 4) is 0 Å². The van der Waals surface area contributed by atoms with Gasteiger partial charge in [0.2, 0.25) is 0 Å². The highest BCUT2D eigenvalue weighted by molar-refractivity contribution is 7.85. The van der Waals surface area contributed by atoms with Gasteiger partial charge in [-0.15, -0.1) is 0 Å². The van der Waals surface area contributed by atoms with E-state index in [1.165, 1.54) is 4.90 Å². The molecule has 2 aromatic rings. The molecular formula is C20H22N4O5S. The fourth-order valence-electron chi connectivity index (χ4n) is 3.17. The Labute approximate surface area is 175 Å². The summed E-state index contributed by atoms with van der Waals surface area (Å²) in [4.78, 5) is 16.6. The number of carbonyl (C=O) groups excluding carboxylic acids is 1. The Morgan fingerprint density at radius 2 is 1.73 bits per heavy atom. The van der Waals surface area contributed by atoms with Crippen molar-refractivity contribution in [3.05, 3.63) is 82.2 Å². The smallest absolute Gasteiger partial charge is 0.410 e. The van der Waals surface area contributed by atoms with E-state index in [0.29, 0.717) is 5.56 Å². The number of likely N-dealkylation sites (tertiary alicyclic amines) is 1. The predicted octanol–water partition coefficient (Wildman–Crippen LogP) is 3.62. The quantitative estimate of drug-likeness (QED) is 0.287. The summed E-state index contributed by atoms with van der Waals surface area (Å²) in [5.41, 5.74) is 10.2. The lowest BCUT2D eigenvalue weighted by Crippen LogP contribution is -2.50. The van der Waals surface area contributed by atoms with Crippen LogP contribution < -0.4 is 0 Å². The highest BCUT2D eigenvalue weighted by atomic mass is 32.2. The first-order valence-electron chi connectivity index (χ1n) is 9.41. The highest BCUT2D eigenvalue weighted by Crippen LogP contribution is 2.22. The molecule has 1 fully saturated rings. The summed E-state index contributed by atoms with van der Waals surface area (Å²) in [6.07, 6.45) is -1.28. The van der Waals surface area contributed by atoms with Crippen LogP contribution in [0.15, 0.2) is 65.8 Å². The summed E-state index contributed by atoms with van der Waals surface area (Å²) >= 11 is 0. The van der Waals surface area contributed by atoms with Crippen molar-refractivity contribution in [1.82, 2.24) is 4.90 Å². The van der Waals surface area contributed by atoms with Crippen molar-refractivity contribution >= 4 is 16.2 Å². The summed E-state index contributed by atoms with van der Waals surface area (Å²) in [5.74, 6) is -0.314. The van der Waals surface area contributed by atoms with Crippen LogP contribution in [0.1, 0.15) is 17.5 Å². The molecule has 0 spiro atoms. The SMILES string of the molecule is [N-]=[N+]=N[C@@H]1CCN(C(=O)OCc2ccccc2)C[C@H]1OS(=O)(=O)Cc1ccccc1. The first-order chi connectivity index (χ1) is 14.5. The third-order valence-electron chi connectivity index (χ3n) is 4.64. The van der Waals surface area contributed by atoms with Gasteiger partial charge in [-0.1, -0.05) is 65.8 Å². The lowest BCUT2D eigenvalue weighted by Gasteiger charge is -2.35. The van der Waals surface area contributed by atoms with Gasteiger partial charge >= 0.3 is 6.09 Å². The third-order valence-corrected chi connectivity index (χ3v) is 5.87. The molecule has 2 atom stereocenters. The largest absolute Gasteiger partial charge is 0.445 e. The number of piperidine rings is 1. The fourth-order valence-corrected chi connectivity index (χ4v) is 4.41. The highest BCUT2D eigenvalue weighted by Gasteiger charge is 2.35. The standard InChI is InChI=1S/C20H22N4O5S/c21-23-22-18-11-12-24(20(25)28-14-16-7-3-1-4-8-16)13-19(18)29-30(26,27)15-17-9-5-2-6-10-17/h1-10,18-19H,11-15H2/t18-,19-/m1/s1. The fraction of sp³-hybridized carbons (Fsp3) is 0.350. The molecule has 30 heavy (non-hydrogen) atoms. The number of ether oxygens (including phenoxy) is 1. The number of azide groups is 1. The molecule has 0 unspecified atom stereocenters. The first kappa shape index (κ1) is 21.6. The van der Waals surface area contributed by atoms with Gasteiger partial charge in [-0.3, -0.25) is 4.18 Å². The van der Waals surface area contributed by atoms with Gasteiger partial charge in [-0.05, 0) is 23.1 Å². The molecule has 0 N–H and O–H groups in total. The molecule has 0 aromatic heterocycles. The lowest BCUT2D eigenvalue weighted by atomic mass is 10.0. The van der Waals surface area contributed by atoms with E-state index in [1.54, 1.807) is 30.3 Å². The van der Waals surface area contributed by atoms with Gasteiger partial charge < -0.3 is 9.64 Å². The van der Waals surface area contributed by atoms with Crippen LogP contribution in [0.2, 0.25) is 0 Å². The van der Waals surface area contributed by atoms with Crippen molar-refractivity contribution in [2.45, 2.75) is 30.9 Å². The van der Waals surface area contributed by atoms with E-state index >= 15 is 0 Å². The van der Waals surface area contributed by atoms with Gasteiger partial charge in [0.25, 0.3) is 10.1 Å². The number of hydrogen-bond acceptors (Lipinski definition) is 6. The molecule has 1 amide bonds. The van der Waals surface area contributed by atoms with Gasteiger partial charge in [-0.25, -0.2) is 4.79 Å². The minimum Gasteiger partial charge on any atom is -0.445 e. The van der Waals surface area contributed by atoms with Crippen LogP contribution in [0.4, 0.5) is 4.79 Å². The molecule has 1 heterocycles. The van der Waals surface area contributed by atoms with Gasteiger partial charge in [0.1, 0.15) is 18.5 Å². The van der Waals surface area contributed by atoms with Crippen molar-refractivity contribution in [2.24, 2.45) is 5.11 Å². The van der Waals surface area contributed by atoms with Crippen LogP contribution in [0, 0.1) is 0 Å². The molecule has 1 aliphatic rings. The topological polar surface area (TPSA) is 122 Å². The average Bonchev–Trinajstić information content (AvgIpc) is 2.74. The number of carbonyl (C=O) groups is 1. The van der Waals surface area contributed by atoms with Crippen molar-refractivity contribution < 1.29 is 22.1 Å². The third kappa shape index (κ3) is 6.21. The Morgan fingerprint density at radius 1 is 1.10 bits per heavy atom. The minimum absolute atomic E-state index is 0.0503. The maximum absolute atomic E-state index is 12.5. The lowest BCUT2D eigenvalue weighted by molar-refractivity contribution is 0.0486. The second-order valence-corrected chi connectivity index (χ2v) is 8.47. The van der Waals surface area contributed by atoms with Crippen molar-refractivity contribution in [3.63, 3.8) is 0 Å². The monoisotopic (exact) mass is 430 g/mol. The Balaban J connectivity index is 1.64. The van der Waals surface area contributed by atoms with Gasteiger partial charge in [0.05, 0.1) is 12.6 Å². The summed E-state index contributed by atoms with van der Waals surface area (Å²) in [5, 5.41) is 3.66. The van der Waals surface area contributed by atoms with Crippen LogP contribution in [0.3, 0.4) is 0 Å². The van der Waals surface area contributed by atoms with E-state index in [1.807, 2.05) is 30.3 Å². The van der Waals surface area contributed by atoms with E-state index < -0.39 is 28.4 Å². The summed E-state index contributed by atoms with van der Waals surface area (Å²) in [6, 6.07) is 17.1. The minimum atomic E-state index is -3.95. The number of amides is 1. The summed E-state index contributed by atoms with van der Waals surface area (Å²) in [6.45, 7) is 0.328. The van der Waals surface area contributed by atoms with Crippen LogP contribution in [0.5, 0.6) is 0 Å². The second kappa shape index (κ2) is 10.1. The summed E-state index contributed by atoms with van der Waals surface area (Å²) in [7, 11) is -3.95. The molecule has 1 saturated heterocycles. The Bertz CT molecular complexity index is 994. The van der Waals surface area contributed by atoms with E-state index in [4.69, 9.17) is 14.5 Å². The van der Waals surface area contributed by atoms with Gasteiger partial charge in [0.15, 0.2) is 0 Å². The number of nitrogens with zero attached hydrogens (tertiary/aromatic N) is 4. The maximum atomic E-state index is 12.5. The van der Waals surface area contributed by atoms with E-state index in [2.05, 4.69) is 10.0 Å². The molecule has 0 bridgehead atoms. The summed E-state index contributed by atoms with van der Waals surface area (Å²) < 4.78 is 35.7. The van der Waals surface area contributed by atoms with Crippen molar-refractivity contribution in [1.29, 1.82) is 0 Å². The number of hydrogen-bond donors (Lipinski definition) is 0. The first-order valence-corrected chi connectivity index (χ1v) is 11.0. The van der Waals surface area contributed by atoms with E-state index in [-0.39, 0.29) is 31.9 Å². The molecular weight excluding hydrogens is 408 g/mol. The Kier molecular flexibility index (Phi) is 7.29.